The molecule has 2 aromatic carbocycles. The van der Waals surface area contributed by atoms with Gasteiger partial charge in [0, 0.05) is 11.2 Å². The van der Waals surface area contributed by atoms with Crippen LogP contribution in [0.1, 0.15) is 0 Å². The number of nitrogens with one attached hydrogen (secondary N) is 1. The molecule has 1 fully saturated rings. The predicted octanol–water partition coefficient (Wildman–Crippen LogP) is 2.95. The van der Waals surface area contributed by atoms with Gasteiger partial charge in [-0.05, 0) is 48.5 Å². The molecule has 4 amide bonds. The van der Waals surface area contributed by atoms with Gasteiger partial charge in [-0.1, -0.05) is 11.6 Å². The van der Waals surface area contributed by atoms with E-state index in [0.717, 1.165) is 4.90 Å². The van der Waals surface area contributed by atoms with E-state index >= 15 is 0 Å². The number of halogens is 1. The highest BCUT2D eigenvalue weighted by molar-refractivity contribution is 6.33. The Morgan fingerprint density at radius 3 is 2.35 bits per heavy atom. The van der Waals surface area contributed by atoms with Crippen molar-refractivity contribution in [1.82, 2.24) is 5.32 Å². The number of hydrogen-bond donors (Lipinski definition) is 1. The van der Waals surface area contributed by atoms with E-state index in [4.69, 9.17) is 16.3 Å². The Bertz CT molecular complexity index is 878. The van der Waals surface area contributed by atoms with E-state index in [-0.39, 0.29) is 0 Å². The number of aliphatic imine (C=N–C) groups is 1. The minimum atomic E-state index is -1.22. The molecular weight excluding hydrogens is 358 g/mol. The third-order valence-electron chi connectivity index (χ3n) is 3.73. The molecule has 8 heteroatoms. The number of rotatable bonds is 4. The van der Waals surface area contributed by atoms with Crippen LogP contribution in [0.4, 0.5) is 16.2 Å². The van der Waals surface area contributed by atoms with E-state index in [1.807, 2.05) is 0 Å². The minimum absolute atomic E-state index is 0.312. The van der Waals surface area contributed by atoms with Crippen molar-refractivity contribution in [3.05, 3.63) is 53.6 Å². The number of carbonyl (C=O) groups excluding carboxylic acids is 3. The first-order valence-corrected chi connectivity index (χ1v) is 8.00. The van der Waals surface area contributed by atoms with Crippen molar-refractivity contribution in [2.75, 3.05) is 12.0 Å². The van der Waals surface area contributed by atoms with Crippen LogP contribution in [0, 0.1) is 5.92 Å². The van der Waals surface area contributed by atoms with Gasteiger partial charge in [0.15, 0.2) is 5.92 Å². The minimum Gasteiger partial charge on any atom is -0.497 e. The Morgan fingerprint density at radius 2 is 1.73 bits per heavy atom. The third-order valence-corrected chi connectivity index (χ3v) is 3.98. The normalized spacial score (nSPS) is 17.5. The van der Waals surface area contributed by atoms with Gasteiger partial charge in [-0.2, -0.15) is 0 Å². The van der Waals surface area contributed by atoms with Crippen LogP contribution in [0.3, 0.4) is 0 Å². The monoisotopic (exact) mass is 371 g/mol. The van der Waals surface area contributed by atoms with Gasteiger partial charge in [-0.3, -0.25) is 19.9 Å². The molecule has 3 rings (SSSR count). The number of amides is 4. The lowest BCUT2D eigenvalue weighted by Crippen LogP contribution is -2.58. The lowest BCUT2D eigenvalue weighted by atomic mass is 10.1. The number of methoxy groups -OCH3 is 1. The van der Waals surface area contributed by atoms with Crippen LogP contribution >= 0.6 is 11.6 Å². The van der Waals surface area contributed by atoms with E-state index in [1.54, 1.807) is 43.5 Å². The topological polar surface area (TPSA) is 88.1 Å². The number of benzene rings is 2. The first-order valence-electron chi connectivity index (χ1n) is 7.62. The quantitative estimate of drug-likeness (QED) is 0.661. The predicted molar refractivity (Wildman–Crippen MR) is 97.1 cm³/mol. The van der Waals surface area contributed by atoms with Crippen LogP contribution in [-0.4, -0.2) is 31.2 Å². The summed E-state index contributed by atoms with van der Waals surface area (Å²) >= 11 is 5.83. The zero-order valence-electron chi connectivity index (χ0n) is 13.7. The summed E-state index contributed by atoms with van der Waals surface area (Å²) in [4.78, 5) is 41.8. The number of anilines is 1. The number of carbonyl (C=O) groups is 3. The molecular formula is C18H14ClN3O4. The molecule has 1 heterocycles. The van der Waals surface area contributed by atoms with Crippen LogP contribution in [0.15, 0.2) is 53.5 Å². The van der Waals surface area contributed by atoms with Crippen LogP contribution in [0.25, 0.3) is 0 Å². The molecule has 2 aromatic rings. The van der Waals surface area contributed by atoms with Crippen molar-refractivity contribution < 1.29 is 19.1 Å². The van der Waals surface area contributed by atoms with Crippen molar-refractivity contribution in [3.8, 4) is 5.75 Å². The van der Waals surface area contributed by atoms with Gasteiger partial charge in [-0.15, -0.1) is 0 Å². The molecule has 1 atom stereocenters. The molecule has 0 bridgehead atoms. The van der Waals surface area contributed by atoms with E-state index in [0.29, 0.717) is 22.1 Å². The number of imide groups is 2. The fourth-order valence-corrected chi connectivity index (χ4v) is 2.51. The van der Waals surface area contributed by atoms with Crippen molar-refractivity contribution in [2.45, 2.75) is 0 Å². The molecule has 7 nitrogen and oxygen atoms in total. The lowest BCUT2D eigenvalue weighted by Gasteiger charge is -2.28. The second-order valence-corrected chi connectivity index (χ2v) is 5.83. The van der Waals surface area contributed by atoms with Gasteiger partial charge in [-0.25, -0.2) is 9.69 Å². The molecule has 1 N–H and O–H groups in total. The molecule has 1 aliphatic heterocycles. The summed E-state index contributed by atoms with van der Waals surface area (Å²) in [6.07, 6.45) is 1.22. The SMILES string of the molecule is COc1ccc(N=C[C@@H]2C(=O)NC(=O)N(c3ccc(Cl)cc3)C2=O)cc1. The van der Waals surface area contributed by atoms with Crippen LogP contribution in [0.5, 0.6) is 5.75 Å². The number of ether oxygens (including phenoxy) is 1. The van der Waals surface area contributed by atoms with Crippen molar-refractivity contribution in [1.29, 1.82) is 0 Å². The van der Waals surface area contributed by atoms with Gasteiger partial charge in [0.2, 0.25) is 5.91 Å². The Balaban J connectivity index is 1.84. The maximum absolute atomic E-state index is 12.7. The largest absolute Gasteiger partial charge is 0.497 e. The van der Waals surface area contributed by atoms with Gasteiger partial charge in [0.05, 0.1) is 18.5 Å². The molecule has 0 aliphatic carbocycles. The summed E-state index contributed by atoms with van der Waals surface area (Å²) in [5.41, 5.74) is 0.855. The molecule has 1 saturated heterocycles. The van der Waals surface area contributed by atoms with Gasteiger partial charge < -0.3 is 4.74 Å². The first kappa shape index (κ1) is 17.6. The summed E-state index contributed by atoms with van der Waals surface area (Å²) < 4.78 is 5.06. The van der Waals surface area contributed by atoms with Crippen molar-refractivity contribution in [3.63, 3.8) is 0 Å². The molecule has 0 radical (unpaired) electrons. The summed E-state index contributed by atoms with van der Waals surface area (Å²) in [6.45, 7) is 0. The standard InChI is InChI=1S/C18H14ClN3O4/c1-26-14-8-4-12(5-9-14)20-10-15-16(23)21-18(25)22(17(15)24)13-6-2-11(19)3-7-13/h2-10,15H,1H3,(H,21,23,25)/t15-/m1/s1. The van der Waals surface area contributed by atoms with Gasteiger partial charge in [0.25, 0.3) is 5.91 Å². The molecule has 0 spiro atoms. The Kier molecular flexibility index (Phi) is 4.99. The van der Waals surface area contributed by atoms with Crippen LogP contribution in [0.2, 0.25) is 5.02 Å². The van der Waals surface area contributed by atoms with Crippen LogP contribution < -0.4 is 15.0 Å². The van der Waals surface area contributed by atoms with Gasteiger partial charge in [0.1, 0.15) is 5.75 Å². The second kappa shape index (κ2) is 7.37. The fourth-order valence-electron chi connectivity index (χ4n) is 2.39. The fraction of sp³-hybridized carbons (Fsp3) is 0.111. The number of hydrogen-bond acceptors (Lipinski definition) is 5. The first-order chi connectivity index (χ1) is 12.5. The summed E-state index contributed by atoms with van der Waals surface area (Å²) in [7, 11) is 1.55. The summed E-state index contributed by atoms with van der Waals surface area (Å²) in [5, 5.41) is 2.63. The zero-order chi connectivity index (χ0) is 18.7. The molecule has 132 valence electrons. The highest BCUT2D eigenvalue weighted by atomic mass is 35.5. The molecule has 0 aromatic heterocycles. The highest BCUT2D eigenvalue weighted by Crippen LogP contribution is 2.23. The zero-order valence-corrected chi connectivity index (χ0v) is 14.4. The average molecular weight is 372 g/mol. The maximum Gasteiger partial charge on any atom is 0.335 e. The Morgan fingerprint density at radius 1 is 1.08 bits per heavy atom. The summed E-state index contributed by atoms with van der Waals surface area (Å²) in [5.74, 6) is -1.96. The van der Waals surface area contributed by atoms with E-state index < -0.39 is 23.8 Å². The second-order valence-electron chi connectivity index (χ2n) is 5.40. The highest BCUT2D eigenvalue weighted by Gasteiger charge is 2.40. The summed E-state index contributed by atoms with van der Waals surface area (Å²) in [6, 6.07) is 12.1. The maximum atomic E-state index is 12.7. The Hall–Kier alpha value is -3.19. The van der Waals surface area contributed by atoms with Gasteiger partial charge >= 0.3 is 6.03 Å². The van der Waals surface area contributed by atoms with Crippen molar-refractivity contribution in [2.24, 2.45) is 10.9 Å². The Labute approximate surface area is 154 Å². The third kappa shape index (κ3) is 3.57. The molecule has 0 unspecified atom stereocenters. The number of urea groups is 1. The average Bonchev–Trinajstić information content (AvgIpc) is 2.63. The smallest absolute Gasteiger partial charge is 0.335 e. The molecule has 1 aliphatic rings. The van der Waals surface area contributed by atoms with E-state index in [9.17, 15) is 14.4 Å². The van der Waals surface area contributed by atoms with Crippen molar-refractivity contribution >= 4 is 47.0 Å². The van der Waals surface area contributed by atoms with E-state index in [2.05, 4.69) is 10.3 Å². The number of nitrogens with zero attached hydrogens (tertiary/aromatic N) is 2. The van der Waals surface area contributed by atoms with E-state index in [1.165, 1.54) is 18.3 Å². The molecule has 0 saturated carbocycles. The molecule has 26 heavy (non-hydrogen) atoms. The van der Waals surface area contributed by atoms with Crippen LogP contribution in [-0.2, 0) is 9.59 Å². The lowest BCUT2D eigenvalue weighted by molar-refractivity contribution is -0.131. The number of barbiturate groups is 1.